The lowest BCUT2D eigenvalue weighted by Crippen LogP contribution is -2.39. The molecular weight excluding hydrogens is 358 g/mol. The highest BCUT2D eigenvalue weighted by Crippen LogP contribution is 2.27. The van der Waals surface area contributed by atoms with Crippen LogP contribution in [0.2, 0.25) is 0 Å². The van der Waals surface area contributed by atoms with Crippen molar-refractivity contribution in [1.82, 2.24) is 0 Å². The first-order valence-corrected chi connectivity index (χ1v) is 7.79. The number of carbonyl (C=O) groups excluding carboxylic acids is 2. The van der Waals surface area contributed by atoms with E-state index < -0.39 is 11.9 Å². The van der Waals surface area contributed by atoms with Gasteiger partial charge in [-0.3, -0.25) is 9.59 Å². The highest BCUT2D eigenvalue weighted by molar-refractivity contribution is 6.03. The number of furan rings is 1. The lowest BCUT2D eigenvalue weighted by Gasteiger charge is -2.16. The fraction of sp³-hybridized carbons (Fsp3) is 0.222. The van der Waals surface area contributed by atoms with Crippen LogP contribution in [0.15, 0.2) is 47.1 Å². The molecule has 1 aromatic carbocycles. The van der Waals surface area contributed by atoms with E-state index in [1.165, 1.54) is 36.6 Å². The summed E-state index contributed by atoms with van der Waals surface area (Å²) in [6, 6.07) is 7.09. The maximum Gasteiger partial charge on any atom is 0.248 e. The number of aromatic hydroxyl groups is 1. The zero-order valence-electron chi connectivity index (χ0n) is 14.4. The van der Waals surface area contributed by atoms with E-state index in [4.69, 9.17) is 10.2 Å². The number of carbonyl (C=O) groups is 2. The number of phenolic OH excluding ortho intramolecular Hbond substituents is 1. The molecular formula is C18H22ClN3O4. The van der Waals surface area contributed by atoms with Gasteiger partial charge >= 0.3 is 0 Å². The highest BCUT2D eigenvalue weighted by atomic mass is 35.5. The van der Waals surface area contributed by atoms with E-state index in [1.807, 2.05) is 13.8 Å². The van der Waals surface area contributed by atoms with Crippen molar-refractivity contribution in [2.24, 2.45) is 11.7 Å². The first kappa shape index (κ1) is 21.3. The van der Waals surface area contributed by atoms with E-state index in [1.54, 1.807) is 12.1 Å². The van der Waals surface area contributed by atoms with Crippen molar-refractivity contribution in [2.75, 3.05) is 10.6 Å². The molecule has 0 aliphatic carbocycles. The molecule has 2 amide bonds. The van der Waals surface area contributed by atoms with Crippen LogP contribution in [-0.4, -0.2) is 23.0 Å². The molecule has 140 valence electrons. The van der Waals surface area contributed by atoms with Crippen LogP contribution in [0, 0.1) is 5.92 Å². The molecule has 0 spiro atoms. The maximum absolute atomic E-state index is 12.0. The molecule has 1 heterocycles. The first-order chi connectivity index (χ1) is 11.9. The Hall–Kier alpha value is -2.77. The van der Waals surface area contributed by atoms with Crippen molar-refractivity contribution in [2.45, 2.75) is 19.9 Å². The molecule has 0 radical (unpaired) electrons. The summed E-state index contributed by atoms with van der Waals surface area (Å²) in [5.74, 6) is -0.397. The van der Waals surface area contributed by atoms with Crippen LogP contribution in [0.4, 0.5) is 11.4 Å². The minimum Gasteiger partial charge on any atom is -0.506 e. The molecule has 2 aromatic rings. The quantitative estimate of drug-likeness (QED) is 0.349. The van der Waals surface area contributed by atoms with Crippen LogP contribution in [0.5, 0.6) is 5.75 Å². The average Bonchev–Trinajstić information content (AvgIpc) is 3.08. The van der Waals surface area contributed by atoms with Crippen LogP contribution < -0.4 is 16.4 Å². The SMILES string of the molecule is CC(C)[C@H](N)C(=O)Nc1cc(NC(=O)/C=C/c2ccco2)ccc1O.Cl. The lowest BCUT2D eigenvalue weighted by atomic mass is 10.0. The van der Waals surface area contributed by atoms with Gasteiger partial charge in [0.15, 0.2) is 0 Å². The van der Waals surface area contributed by atoms with Gasteiger partial charge in [-0.05, 0) is 42.3 Å². The van der Waals surface area contributed by atoms with E-state index in [0.29, 0.717) is 11.4 Å². The van der Waals surface area contributed by atoms with Gasteiger partial charge in [0.2, 0.25) is 11.8 Å². The Morgan fingerprint density at radius 1 is 1.23 bits per heavy atom. The van der Waals surface area contributed by atoms with E-state index in [9.17, 15) is 14.7 Å². The summed E-state index contributed by atoms with van der Waals surface area (Å²) in [7, 11) is 0. The number of hydrogen-bond donors (Lipinski definition) is 4. The molecule has 8 heteroatoms. The fourth-order valence-corrected chi connectivity index (χ4v) is 1.96. The number of nitrogens with two attached hydrogens (primary N) is 1. The van der Waals surface area contributed by atoms with E-state index in [0.717, 1.165) is 0 Å². The molecule has 1 aromatic heterocycles. The van der Waals surface area contributed by atoms with E-state index >= 15 is 0 Å². The third kappa shape index (κ3) is 5.94. The second-order valence-electron chi connectivity index (χ2n) is 5.83. The van der Waals surface area contributed by atoms with E-state index in [-0.39, 0.29) is 35.7 Å². The Bertz CT molecular complexity index is 773. The third-order valence-electron chi connectivity index (χ3n) is 3.49. The standard InChI is InChI=1S/C18H21N3O4.ClH/c1-11(2)17(19)18(24)21-14-10-12(5-7-15(14)22)20-16(23)8-6-13-4-3-9-25-13;/h3-11,17,22H,19H2,1-2H3,(H,20,23)(H,21,24);1H/b8-6+;/t17-;/m0./s1. The number of anilines is 2. The number of benzene rings is 1. The smallest absolute Gasteiger partial charge is 0.248 e. The Morgan fingerprint density at radius 2 is 1.96 bits per heavy atom. The van der Waals surface area contributed by atoms with Gasteiger partial charge in [0.1, 0.15) is 11.5 Å². The molecule has 1 atom stereocenters. The maximum atomic E-state index is 12.0. The second kappa shape index (κ2) is 9.65. The topological polar surface area (TPSA) is 118 Å². The van der Waals surface area contributed by atoms with Crippen molar-refractivity contribution in [3.05, 3.63) is 48.4 Å². The van der Waals surface area contributed by atoms with Crippen molar-refractivity contribution in [1.29, 1.82) is 0 Å². The number of amides is 2. The minimum atomic E-state index is -0.700. The molecule has 2 rings (SSSR count). The summed E-state index contributed by atoms with van der Waals surface area (Å²) in [6.45, 7) is 3.65. The highest BCUT2D eigenvalue weighted by Gasteiger charge is 2.18. The van der Waals surface area contributed by atoms with Gasteiger partial charge in [-0.25, -0.2) is 0 Å². The first-order valence-electron chi connectivity index (χ1n) is 7.79. The molecule has 0 unspecified atom stereocenters. The fourth-order valence-electron chi connectivity index (χ4n) is 1.96. The Labute approximate surface area is 157 Å². The van der Waals surface area contributed by atoms with Crippen LogP contribution in [0.3, 0.4) is 0 Å². The zero-order valence-corrected chi connectivity index (χ0v) is 15.2. The Morgan fingerprint density at radius 3 is 2.58 bits per heavy atom. The number of phenols is 1. The monoisotopic (exact) mass is 379 g/mol. The summed E-state index contributed by atoms with van der Waals surface area (Å²) in [4.78, 5) is 23.9. The average molecular weight is 380 g/mol. The van der Waals surface area contributed by atoms with Crippen LogP contribution in [0.25, 0.3) is 6.08 Å². The number of halogens is 1. The minimum absolute atomic E-state index is 0. The summed E-state index contributed by atoms with van der Waals surface area (Å²) in [5.41, 5.74) is 6.37. The third-order valence-corrected chi connectivity index (χ3v) is 3.49. The van der Waals surface area contributed by atoms with Gasteiger partial charge in [-0.15, -0.1) is 12.4 Å². The number of hydrogen-bond acceptors (Lipinski definition) is 5. The van der Waals surface area contributed by atoms with Crippen LogP contribution >= 0.6 is 12.4 Å². The van der Waals surface area contributed by atoms with Gasteiger partial charge in [-0.1, -0.05) is 13.8 Å². The molecule has 0 aliphatic rings. The van der Waals surface area contributed by atoms with Crippen molar-refractivity contribution in [3.8, 4) is 5.75 Å². The van der Waals surface area contributed by atoms with Crippen molar-refractivity contribution >= 4 is 41.7 Å². The molecule has 0 saturated carbocycles. The molecule has 0 fully saturated rings. The van der Waals surface area contributed by atoms with Gasteiger partial charge in [-0.2, -0.15) is 0 Å². The largest absolute Gasteiger partial charge is 0.506 e. The molecule has 26 heavy (non-hydrogen) atoms. The summed E-state index contributed by atoms with van der Waals surface area (Å²) >= 11 is 0. The van der Waals surface area contributed by atoms with Crippen molar-refractivity contribution in [3.63, 3.8) is 0 Å². The van der Waals surface area contributed by atoms with Crippen LogP contribution in [0.1, 0.15) is 19.6 Å². The number of nitrogens with one attached hydrogen (secondary N) is 2. The number of rotatable bonds is 6. The van der Waals surface area contributed by atoms with Gasteiger partial charge in [0, 0.05) is 11.8 Å². The molecule has 5 N–H and O–H groups in total. The van der Waals surface area contributed by atoms with Gasteiger partial charge in [0.05, 0.1) is 18.0 Å². The molecule has 7 nitrogen and oxygen atoms in total. The molecule has 0 bridgehead atoms. The Kier molecular flexibility index (Phi) is 7.89. The van der Waals surface area contributed by atoms with Gasteiger partial charge in [0.25, 0.3) is 0 Å². The second-order valence-corrected chi connectivity index (χ2v) is 5.83. The lowest BCUT2D eigenvalue weighted by molar-refractivity contribution is -0.118. The normalized spacial score (nSPS) is 11.8. The summed E-state index contributed by atoms with van der Waals surface area (Å²) < 4.78 is 5.10. The predicted molar refractivity (Wildman–Crippen MR) is 103 cm³/mol. The summed E-state index contributed by atoms with van der Waals surface area (Å²) in [5, 5.41) is 15.1. The van der Waals surface area contributed by atoms with Gasteiger partial charge < -0.3 is 25.9 Å². The summed E-state index contributed by atoms with van der Waals surface area (Å²) in [6.07, 6.45) is 4.35. The van der Waals surface area contributed by atoms with Crippen LogP contribution in [-0.2, 0) is 9.59 Å². The Balaban J connectivity index is 0.00000338. The predicted octanol–water partition coefficient (Wildman–Crippen LogP) is 2.98. The molecule has 0 saturated heterocycles. The van der Waals surface area contributed by atoms with E-state index in [2.05, 4.69) is 10.6 Å². The van der Waals surface area contributed by atoms with Crippen molar-refractivity contribution < 1.29 is 19.1 Å². The zero-order chi connectivity index (χ0) is 18.4. The molecule has 0 aliphatic heterocycles.